The predicted molar refractivity (Wildman–Crippen MR) is 73.1 cm³/mol. The smallest absolute Gasteiger partial charge is 1.00 e. The van der Waals surface area contributed by atoms with Gasteiger partial charge in [0, 0.05) is 16.0 Å². The van der Waals surface area contributed by atoms with Crippen LogP contribution in [0.3, 0.4) is 0 Å². The molecular formula is C13H15N2NaO2S. The van der Waals surface area contributed by atoms with Gasteiger partial charge in [-0.1, -0.05) is 18.2 Å². The van der Waals surface area contributed by atoms with E-state index in [2.05, 4.69) is 0 Å². The fourth-order valence-corrected chi connectivity index (χ4v) is 2.99. The number of hydrogen-bond donors (Lipinski definition) is 2. The molecule has 6 heteroatoms. The first-order chi connectivity index (χ1) is 8.43. The largest absolute Gasteiger partial charge is 1.00 e. The summed E-state index contributed by atoms with van der Waals surface area (Å²) in [6, 6.07) is 9.84. The first-order valence-electron chi connectivity index (χ1n) is 5.51. The Hall–Kier alpha value is -0.880. The number of fused-ring (bicyclic) bond motifs is 1. The number of nitrogens with two attached hydrogens (primary N) is 2. The molecule has 0 saturated carbocycles. The molecule has 0 unspecified atom stereocenters. The molecule has 0 aliphatic rings. The molecule has 2 aromatic rings. The van der Waals surface area contributed by atoms with E-state index >= 15 is 0 Å². The minimum Gasteiger partial charge on any atom is -1.00 e. The van der Waals surface area contributed by atoms with E-state index in [1.165, 1.54) is 6.92 Å². The molecule has 0 aliphatic carbocycles. The van der Waals surface area contributed by atoms with Crippen LogP contribution in [0.4, 0.5) is 0 Å². The molecule has 96 valence electrons. The third-order valence-corrected chi connectivity index (χ3v) is 4.21. The second-order valence-electron chi connectivity index (χ2n) is 4.49. The van der Waals surface area contributed by atoms with Crippen molar-refractivity contribution in [2.75, 3.05) is 0 Å². The molecule has 1 aromatic carbocycles. The molecule has 0 fully saturated rings. The molecule has 2 rings (SSSR count). The van der Waals surface area contributed by atoms with Gasteiger partial charge < -0.3 is 12.9 Å². The van der Waals surface area contributed by atoms with Crippen LogP contribution in [-0.2, 0) is 16.0 Å². The van der Waals surface area contributed by atoms with Crippen LogP contribution in [0.5, 0.6) is 0 Å². The van der Waals surface area contributed by atoms with Gasteiger partial charge in [-0.05, 0) is 24.4 Å². The number of carbonyl (C=O) groups is 2. The van der Waals surface area contributed by atoms with E-state index in [0.717, 1.165) is 15.0 Å². The third-order valence-electron chi connectivity index (χ3n) is 3.09. The molecule has 0 bridgehead atoms. The van der Waals surface area contributed by atoms with Crippen LogP contribution in [0, 0.1) is 5.41 Å². The molecule has 0 radical (unpaired) electrons. The number of carbonyl (C=O) groups excluding carboxylic acids is 2. The Bertz CT molecular complexity index is 583. The number of amides is 2. The van der Waals surface area contributed by atoms with Crippen molar-refractivity contribution in [3.63, 3.8) is 0 Å². The summed E-state index contributed by atoms with van der Waals surface area (Å²) in [7, 11) is 0. The molecule has 19 heavy (non-hydrogen) atoms. The Kier molecular flexibility index (Phi) is 5.15. The van der Waals surface area contributed by atoms with Crippen LogP contribution in [0.25, 0.3) is 10.1 Å². The molecule has 0 aliphatic heterocycles. The number of primary amides is 2. The molecule has 4 N–H and O–H groups in total. The van der Waals surface area contributed by atoms with E-state index in [1.54, 1.807) is 11.3 Å². The monoisotopic (exact) mass is 286 g/mol. The third kappa shape index (κ3) is 3.17. The summed E-state index contributed by atoms with van der Waals surface area (Å²) in [6.45, 7) is 1.49. The van der Waals surface area contributed by atoms with Gasteiger partial charge in [0.2, 0.25) is 11.8 Å². The van der Waals surface area contributed by atoms with E-state index in [9.17, 15) is 9.59 Å². The second kappa shape index (κ2) is 6.05. The van der Waals surface area contributed by atoms with Crippen molar-refractivity contribution in [2.24, 2.45) is 16.9 Å². The zero-order valence-electron chi connectivity index (χ0n) is 12.0. The van der Waals surface area contributed by atoms with E-state index in [0.29, 0.717) is 0 Å². The molecule has 4 nitrogen and oxygen atoms in total. The SMILES string of the molecule is CC(Cc1cc2ccccc2s1)(C(N)=O)C(N)=O.[H-].[Na+]. The maximum atomic E-state index is 11.4. The fourth-order valence-electron chi connectivity index (χ4n) is 1.77. The average Bonchev–Trinajstić information content (AvgIpc) is 2.70. The Labute approximate surface area is 138 Å². The van der Waals surface area contributed by atoms with Gasteiger partial charge in [0.25, 0.3) is 0 Å². The summed E-state index contributed by atoms with van der Waals surface area (Å²) in [5, 5.41) is 1.09. The Morgan fingerprint density at radius 3 is 2.37 bits per heavy atom. The Morgan fingerprint density at radius 1 is 1.26 bits per heavy atom. The Balaban J connectivity index is 0.00000180. The van der Waals surface area contributed by atoms with Crippen LogP contribution in [-0.4, -0.2) is 11.8 Å². The van der Waals surface area contributed by atoms with Crippen molar-refractivity contribution in [3.8, 4) is 0 Å². The van der Waals surface area contributed by atoms with Gasteiger partial charge in [-0.2, -0.15) is 0 Å². The predicted octanol–water partition coefficient (Wildman–Crippen LogP) is -1.46. The van der Waals surface area contributed by atoms with Gasteiger partial charge in [0.1, 0.15) is 5.41 Å². The quantitative estimate of drug-likeness (QED) is 0.531. The summed E-state index contributed by atoms with van der Waals surface area (Å²) in [5.74, 6) is -1.38. The summed E-state index contributed by atoms with van der Waals surface area (Å²) in [4.78, 5) is 23.7. The van der Waals surface area contributed by atoms with E-state index in [4.69, 9.17) is 11.5 Å². The van der Waals surface area contributed by atoms with Crippen molar-refractivity contribution in [2.45, 2.75) is 13.3 Å². The second-order valence-corrected chi connectivity index (χ2v) is 5.66. The summed E-state index contributed by atoms with van der Waals surface area (Å²) in [5.41, 5.74) is 9.23. The zero-order valence-corrected chi connectivity index (χ0v) is 13.8. The van der Waals surface area contributed by atoms with Gasteiger partial charge in [-0.25, -0.2) is 0 Å². The van der Waals surface area contributed by atoms with Crippen LogP contribution in [0.15, 0.2) is 30.3 Å². The fraction of sp³-hybridized carbons (Fsp3) is 0.231. The van der Waals surface area contributed by atoms with E-state index in [-0.39, 0.29) is 37.4 Å². The van der Waals surface area contributed by atoms with Crippen LogP contribution >= 0.6 is 11.3 Å². The number of rotatable bonds is 4. The molecule has 1 aromatic heterocycles. The van der Waals surface area contributed by atoms with Crippen molar-refractivity contribution in [3.05, 3.63) is 35.2 Å². The van der Waals surface area contributed by atoms with Crippen LogP contribution in [0.1, 0.15) is 13.2 Å². The average molecular weight is 286 g/mol. The maximum Gasteiger partial charge on any atom is 1.00 e. The number of thiophene rings is 1. The van der Waals surface area contributed by atoms with Gasteiger partial charge in [-0.15, -0.1) is 11.3 Å². The minimum absolute atomic E-state index is 0. The first kappa shape index (κ1) is 16.2. The number of benzene rings is 1. The maximum absolute atomic E-state index is 11.4. The van der Waals surface area contributed by atoms with E-state index < -0.39 is 17.2 Å². The molecule has 0 saturated heterocycles. The number of hydrogen-bond acceptors (Lipinski definition) is 3. The molecule has 1 heterocycles. The van der Waals surface area contributed by atoms with Gasteiger partial charge in [0.05, 0.1) is 0 Å². The van der Waals surface area contributed by atoms with Gasteiger partial charge in [0.15, 0.2) is 0 Å². The minimum atomic E-state index is -1.33. The summed E-state index contributed by atoms with van der Waals surface area (Å²) >= 11 is 1.54. The van der Waals surface area contributed by atoms with Crippen LogP contribution < -0.4 is 41.0 Å². The van der Waals surface area contributed by atoms with Crippen molar-refractivity contribution in [1.82, 2.24) is 0 Å². The topological polar surface area (TPSA) is 86.2 Å². The van der Waals surface area contributed by atoms with Crippen LogP contribution in [0.2, 0.25) is 0 Å². The zero-order chi connectivity index (χ0) is 13.3. The molecule has 2 amide bonds. The van der Waals surface area contributed by atoms with E-state index in [1.807, 2.05) is 30.3 Å². The van der Waals surface area contributed by atoms with Gasteiger partial charge >= 0.3 is 29.6 Å². The standard InChI is InChI=1S/C13H14N2O2S.Na.H/c1-13(11(14)16,12(15)17)7-9-6-8-4-2-3-5-10(8)18-9;;/h2-6H,7H2,1H3,(H2,14,16)(H2,15,17);;/q;+1;-1. The first-order valence-corrected chi connectivity index (χ1v) is 6.32. The van der Waals surface area contributed by atoms with Gasteiger partial charge in [-0.3, -0.25) is 9.59 Å². The van der Waals surface area contributed by atoms with Crippen molar-refractivity contribution >= 4 is 33.2 Å². The normalized spacial score (nSPS) is 11.0. The Morgan fingerprint density at radius 2 is 1.84 bits per heavy atom. The summed E-state index contributed by atoms with van der Waals surface area (Å²) < 4.78 is 1.11. The molecule has 0 atom stereocenters. The van der Waals surface area contributed by atoms with Crippen molar-refractivity contribution in [1.29, 1.82) is 0 Å². The molecular weight excluding hydrogens is 271 g/mol. The van der Waals surface area contributed by atoms with Crippen molar-refractivity contribution < 1.29 is 40.6 Å². The summed E-state index contributed by atoms with van der Waals surface area (Å²) in [6.07, 6.45) is 0.247. The molecule has 0 spiro atoms.